The van der Waals surface area contributed by atoms with Gasteiger partial charge in [-0.3, -0.25) is 0 Å². The molecule has 2 N–H and O–H groups in total. The number of nitrogens with zero attached hydrogens (tertiary/aromatic N) is 1. The summed E-state index contributed by atoms with van der Waals surface area (Å²) in [5.41, 5.74) is 3.58. The van der Waals surface area contributed by atoms with Crippen LogP contribution in [0.3, 0.4) is 0 Å². The summed E-state index contributed by atoms with van der Waals surface area (Å²) in [7, 11) is 0. The van der Waals surface area contributed by atoms with Gasteiger partial charge in [-0.25, -0.2) is 9.37 Å². The second-order valence-corrected chi connectivity index (χ2v) is 5.24. The highest BCUT2D eigenvalue weighted by atomic mass is 19.1. The number of aliphatic hydroxyl groups excluding tert-OH is 1. The number of anilines is 2. The van der Waals surface area contributed by atoms with Crippen LogP contribution in [0.2, 0.25) is 0 Å². The van der Waals surface area contributed by atoms with Crippen LogP contribution in [-0.4, -0.2) is 16.7 Å². The van der Waals surface area contributed by atoms with E-state index in [-0.39, 0.29) is 12.4 Å². The number of para-hydroxylation sites is 1. The molecule has 0 aliphatic carbocycles. The van der Waals surface area contributed by atoms with Crippen LogP contribution in [0.25, 0.3) is 10.9 Å². The Morgan fingerprint density at radius 2 is 1.95 bits per heavy atom. The van der Waals surface area contributed by atoms with Crippen LogP contribution in [0.4, 0.5) is 15.9 Å². The Bertz CT molecular complexity index is 817. The van der Waals surface area contributed by atoms with E-state index < -0.39 is 0 Å². The topological polar surface area (TPSA) is 45.1 Å². The zero-order chi connectivity index (χ0) is 15.5. The summed E-state index contributed by atoms with van der Waals surface area (Å²) in [6.07, 6.45) is 0.574. The van der Waals surface area contributed by atoms with E-state index in [0.717, 1.165) is 22.2 Å². The van der Waals surface area contributed by atoms with Crippen molar-refractivity contribution in [1.29, 1.82) is 0 Å². The number of benzene rings is 2. The molecule has 0 radical (unpaired) electrons. The van der Waals surface area contributed by atoms with E-state index in [1.54, 1.807) is 6.07 Å². The average Bonchev–Trinajstić information content (AvgIpc) is 2.49. The molecule has 0 saturated heterocycles. The molecule has 0 fully saturated rings. The minimum atomic E-state index is -0.294. The van der Waals surface area contributed by atoms with Crippen LogP contribution < -0.4 is 5.32 Å². The van der Waals surface area contributed by atoms with Crippen molar-refractivity contribution in [2.75, 3.05) is 11.9 Å². The Hall–Kier alpha value is -2.46. The summed E-state index contributed by atoms with van der Waals surface area (Å²) in [5.74, 6) is 0.373. The predicted octanol–water partition coefficient (Wildman–Crippen LogP) is 3.96. The molecule has 0 amide bonds. The number of nitrogens with one attached hydrogen (secondary N) is 1. The molecule has 3 nitrogen and oxygen atoms in total. The molecule has 0 saturated carbocycles. The largest absolute Gasteiger partial charge is 0.396 e. The van der Waals surface area contributed by atoms with E-state index in [1.807, 2.05) is 37.3 Å². The Balaban J connectivity index is 2.01. The number of hydrogen-bond donors (Lipinski definition) is 2. The quantitative estimate of drug-likeness (QED) is 0.766. The van der Waals surface area contributed by atoms with Gasteiger partial charge in [0.05, 0.1) is 5.52 Å². The van der Waals surface area contributed by atoms with E-state index in [1.165, 1.54) is 12.1 Å². The summed E-state index contributed by atoms with van der Waals surface area (Å²) in [5, 5.41) is 13.3. The Kier molecular flexibility index (Phi) is 4.02. The fourth-order valence-corrected chi connectivity index (χ4v) is 2.56. The molecule has 2 aromatic carbocycles. The first-order valence-electron chi connectivity index (χ1n) is 7.20. The van der Waals surface area contributed by atoms with Gasteiger partial charge >= 0.3 is 0 Å². The van der Waals surface area contributed by atoms with Gasteiger partial charge in [0, 0.05) is 23.7 Å². The number of fused-ring (bicyclic) bond motifs is 1. The third-order valence-electron chi connectivity index (χ3n) is 3.64. The minimum Gasteiger partial charge on any atom is -0.396 e. The molecule has 0 atom stereocenters. The van der Waals surface area contributed by atoms with Gasteiger partial charge in [-0.2, -0.15) is 0 Å². The minimum absolute atomic E-state index is 0.0914. The molecule has 22 heavy (non-hydrogen) atoms. The maximum absolute atomic E-state index is 13.4. The fourth-order valence-electron chi connectivity index (χ4n) is 2.56. The lowest BCUT2D eigenvalue weighted by atomic mass is 10.1. The molecule has 3 rings (SSSR count). The van der Waals surface area contributed by atoms with Crippen LogP contribution in [0.1, 0.15) is 11.1 Å². The van der Waals surface area contributed by atoms with Gasteiger partial charge in [0.15, 0.2) is 0 Å². The molecule has 0 bridgehead atoms. The van der Waals surface area contributed by atoms with Gasteiger partial charge in [-0.05, 0) is 48.7 Å². The molecule has 0 spiro atoms. The number of pyridine rings is 1. The summed E-state index contributed by atoms with van der Waals surface area (Å²) >= 11 is 0. The highest BCUT2D eigenvalue weighted by molar-refractivity contribution is 5.84. The first-order chi connectivity index (χ1) is 10.7. The van der Waals surface area contributed by atoms with Gasteiger partial charge in [-0.15, -0.1) is 0 Å². The number of rotatable bonds is 4. The number of aliphatic hydroxyl groups is 1. The molecule has 0 aliphatic rings. The lowest BCUT2D eigenvalue weighted by Crippen LogP contribution is -2.00. The first-order valence-corrected chi connectivity index (χ1v) is 7.20. The fraction of sp³-hybridized carbons (Fsp3) is 0.167. The molecule has 112 valence electrons. The smallest absolute Gasteiger partial charge is 0.131 e. The monoisotopic (exact) mass is 296 g/mol. The highest BCUT2D eigenvalue weighted by Gasteiger charge is 2.06. The van der Waals surface area contributed by atoms with Crippen molar-refractivity contribution in [3.05, 3.63) is 65.5 Å². The third kappa shape index (κ3) is 2.92. The van der Waals surface area contributed by atoms with E-state index >= 15 is 0 Å². The Labute approximate surface area is 128 Å². The summed E-state index contributed by atoms with van der Waals surface area (Å²) in [6.45, 7) is 2.07. The molecular weight excluding hydrogens is 279 g/mol. The van der Waals surface area contributed by atoms with Gasteiger partial charge in [0.1, 0.15) is 11.6 Å². The molecule has 0 unspecified atom stereocenters. The molecular formula is C18H17FN2O. The van der Waals surface area contributed by atoms with E-state index in [4.69, 9.17) is 5.11 Å². The van der Waals surface area contributed by atoms with E-state index in [9.17, 15) is 4.39 Å². The standard InChI is InChI=1S/C18H17FN2O/c1-12-10-18(21-17-11-14(19)6-7-15(12)17)20-16-5-3-2-4-13(16)8-9-22/h2-7,10-11,22H,8-9H2,1H3,(H,20,21). The van der Waals surface area contributed by atoms with Crippen LogP contribution in [-0.2, 0) is 6.42 Å². The van der Waals surface area contributed by atoms with Crippen molar-refractivity contribution < 1.29 is 9.50 Å². The van der Waals surface area contributed by atoms with Gasteiger partial charge in [-0.1, -0.05) is 18.2 Å². The van der Waals surface area contributed by atoms with Gasteiger partial charge in [0.25, 0.3) is 0 Å². The predicted molar refractivity (Wildman–Crippen MR) is 87.0 cm³/mol. The summed E-state index contributed by atoms with van der Waals surface area (Å²) in [6, 6.07) is 14.3. The van der Waals surface area contributed by atoms with Crippen molar-refractivity contribution in [3.8, 4) is 0 Å². The highest BCUT2D eigenvalue weighted by Crippen LogP contribution is 2.25. The van der Waals surface area contributed by atoms with Crippen LogP contribution in [0, 0.1) is 12.7 Å². The lowest BCUT2D eigenvalue weighted by molar-refractivity contribution is 0.300. The first kappa shape index (κ1) is 14.5. The number of aryl methyl sites for hydroxylation is 1. The molecule has 4 heteroatoms. The second kappa shape index (κ2) is 6.12. The summed E-state index contributed by atoms with van der Waals surface area (Å²) < 4.78 is 13.4. The van der Waals surface area contributed by atoms with Crippen LogP contribution in [0.5, 0.6) is 0 Å². The molecule has 3 aromatic rings. The zero-order valence-electron chi connectivity index (χ0n) is 12.3. The van der Waals surface area contributed by atoms with E-state index in [0.29, 0.717) is 17.8 Å². The number of aromatic nitrogens is 1. The third-order valence-corrected chi connectivity index (χ3v) is 3.64. The summed E-state index contributed by atoms with van der Waals surface area (Å²) in [4.78, 5) is 4.48. The normalized spacial score (nSPS) is 10.9. The van der Waals surface area contributed by atoms with Gasteiger partial charge in [0.2, 0.25) is 0 Å². The molecule has 1 aromatic heterocycles. The Morgan fingerprint density at radius 1 is 1.14 bits per heavy atom. The number of hydrogen-bond acceptors (Lipinski definition) is 3. The van der Waals surface area contributed by atoms with E-state index in [2.05, 4.69) is 10.3 Å². The average molecular weight is 296 g/mol. The van der Waals surface area contributed by atoms with Crippen molar-refractivity contribution in [1.82, 2.24) is 4.98 Å². The second-order valence-electron chi connectivity index (χ2n) is 5.24. The van der Waals surface area contributed by atoms with Gasteiger partial charge < -0.3 is 10.4 Å². The van der Waals surface area contributed by atoms with Crippen molar-refractivity contribution >= 4 is 22.4 Å². The number of halogens is 1. The van der Waals surface area contributed by atoms with Crippen LogP contribution in [0.15, 0.2) is 48.5 Å². The molecule has 1 heterocycles. The molecule has 0 aliphatic heterocycles. The van der Waals surface area contributed by atoms with Crippen LogP contribution >= 0.6 is 0 Å². The van der Waals surface area contributed by atoms with Crippen molar-refractivity contribution in [3.63, 3.8) is 0 Å². The maximum atomic E-state index is 13.4. The Morgan fingerprint density at radius 3 is 2.77 bits per heavy atom. The lowest BCUT2D eigenvalue weighted by Gasteiger charge is -2.12. The van der Waals surface area contributed by atoms with Crippen molar-refractivity contribution in [2.24, 2.45) is 0 Å². The zero-order valence-corrected chi connectivity index (χ0v) is 12.3. The maximum Gasteiger partial charge on any atom is 0.131 e. The van der Waals surface area contributed by atoms with Crippen molar-refractivity contribution in [2.45, 2.75) is 13.3 Å². The SMILES string of the molecule is Cc1cc(Nc2ccccc2CCO)nc2cc(F)ccc12.